The monoisotopic (exact) mass is 381 g/mol. The molecular weight excluding hydrogens is 362 g/mol. The second-order valence-corrected chi connectivity index (χ2v) is 6.68. The van der Waals surface area contributed by atoms with Crippen LogP contribution in [-0.4, -0.2) is 30.6 Å². The summed E-state index contributed by atoms with van der Waals surface area (Å²) in [5.41, 5.74) is 6.48. The lowest BCUT2D eigenvalue weighted by Crippen LogP contribution is -2.54. The van der Waals surface area contributed by atoms with Crippen molar-refractivity contribution in [2.45, 2.75) is 18.4 Å². The number of anilines is 2. The third kappa shape index (κ3) is 4.79. The first-order chi connectivity index (χ1) is 11.6. The van der Waals surface area contributed by atoms with Gasteiger partial charge < -0.3 is 21.1 Å². The second-order valence-electron chi connectivity index (χ2n) is 5.73. The molecule has 1 aromatic carbocycles. The van der Waals surface area contributed by atoms with E-state index in [-0.39, 0.29) is 24.2 Å². The van der Waals surface area contributed by atoms with Crippen molar-refractivity contribution in [1.29, 1.82) is 0 Å². The lowest BCUT2D eigenvalue weighted by molar-refractivity contribution is -0.124. The van der Waals surface area contributed by atoms with Crippen LogP contribution in [0, 0.1) is 0 Å². The van der Waals surface area contributed by atoms with Gasteiger partial charge in [0.2, 0.25) is 5.91 Å². The van der Waals surface area contributed by atoms with E-state index < -0.39 is 5.54 Å². The molecule has 4 N–H and O–H groups in total. The van der Waals surface area contributed by atoms with Crippen LogP contribution in [0.1, 0.15) is 22.5 Å². The van der Waals surface area contributed by atoms with Crippen LogP contribution in [0.5, 0.6) is 0 Å². The van der Waals surface area contributed by atoms with Gasteiger partial charge in [-0.25, -0.2) is 0 Å². The Morgan fingerprint density at radius 1 is 1.08 bits per heavy atom. The maximum atomic E-state index is 12.4. The zero-order valence-electron chi connectivity index (χ0n) is 13.5. The largest absolute Gasteiger partial charge is 0.381 e. The molecule has 2 amide bonds. The fourth-order valence-electron chi connectivity index (χ4n) is 2.49. The molecule has 2 heterocycles. The molecular formula is C17H20ClN3O3S. The summed E-state index contributed by atoms with van der Waals surface area (Å²) in [5, 5.41) is 7.50. The van der Waals surface area contributed by atoms with Gasteiger partial charge in [-0.05, 0) is 42.5 Å². The molecule has 0 atom stereocenters. The topological polar surface area (TPSA) is 93.5 Å². The summed E-state index contributed by atoms with van der Waals surface area (Å²) in [6.45, 7) is 0.974. The van der Waals surface area contributed by atoms with Crippen molar-refractivity contribution >= 4 is 46.9 Å². The number of halogens is 1. The standard InChI is InChI=1S/C17H19N3O3S.ClH/c18-17(6-8-23-9-7-17)16(22)20-13-4-1-3-12(11-13)19-15(21)14-5-2-10-24-14;/h1-5,10-11H,6-9,18H2,(H,19,21)(H,20,22);1H. The Morgan fingerprint density at radius 3 is 2.40 bits per heavy atom. The van der Waals surface area contributed by atoms with Gasteiger partial charge in [0.15, 0.2) is 0 Å². The molecule has 1 fully saturated rings. The van der Waals surface area contributed by atoms with Crippen molar-refractivity contribution < 1.29 is 14.3 Å². The molecule has 0 spiro atoms. The van der Waals surface area contributed by atoms with E-state index in [9.17, 15) is 9.59 Å². The fourth-order valence-corrected chi connectivity index (χ4v) is 3.11. The van der Waals surface area contributed by atoms with E-state index in [4.69, 9.17) is 10.5 Å². The number of ether oxygens (including phenoxy) is 1. The number of nitrogens with one attached hydrogen (secondary N) is 2. The first kappa shape index (κ1) is 19.4. The minimum Gasteiger partial charge on any atom is -0.381 e. The molecule has 134 valence electrons. The van der Waals surface area contributed by atoms with Gasteiger partial charge in [-0.15, -0.1) is 23.7 Å². The summed E-state index contributed by atoms with van der Waals surface area (Å²) < 4.78 is 5.26. The molecule has 1 aliphatic rings. The van der Waals surface area contributed by atoms with Gasteiger partial charge in [-0.3, -0.25) is 9.59 Å². The molecule has 0 bridgehead atoms. The predicted octanol–water partition coefficient (Wildman–Crippen LogP) is 2.87. The molecule has 1 saturated heterocycles. The summed E-state index contributed by atoms with van der Waals surface area (Å²) in [6.07, 6.45) is 0.987. The van der Waals surface area contributed by atoms with Crippen LogP contribution in [-0.2, 0) is 9.53 Å². The third-order valence-corrected chi connectivity index (χ3v) is 4.83. The van der Waals surface area contributed by atoms with E-state index in [0.717, 1.165) is 0 Å². The Labute approximate surface area is 156 Å². The smallest absolute Gasteiger partial charge is 0.265 e. The molecule has 8 heteroatoms. The van der Waals surface area contributed by atoms with E-state index >= 15 is 0 Å². The highest BCUT2D eigenvalue weighted by molar-refractivity contribution is 7.12. The van der Waals surface area contributed by atoms with Crippen molar-refractivity contribution in [3.8, 4) is 0 Å². The highest BCUT2D eigenvalue weighted by atomic mass is 35.5. The van der Waals surface area contributed by atoms with Crippen LogP contribution in [0.4, 0.5) is 11.4 Å². The number of rotatable bonds is 4. The third-order valence-electron chi connectivity index (χ3n) is 3.96. The average Bonchev–Trinajstić information content (AvgIpc) is 3.10. The summed E-state index contributed by atoms with van der Waals surface area (Å²) in [5.74, 6) is -0.402. The Hall–Kier alpha value is -1.93. The van der Waals surface area contributed by atoms with Gasteiger partial charge in [-0.2, -0.15) is 0 Å². The summed E-state index contributed by atoms with van der Waals surface area (Å²) in [4.78, 5) is 25.1. The average molecular weight is 382 g/mol. The van der Waals surface area contributed by atoms with Crippen molar-refractivity contribution in [1.82, 2.24) is 0 Å². The van der Waals surface area contributed by atoms with Crippen LogP contribution in [0.15, 0.2) is 41.8 Å². The maximum absolute atomic E-state index is 12.4. The highest BCUT2D eigenvalue weighted by Crippen LogP contribution is 2.22. The van der Waals surface area contributed by atoms with Gasteiger partial charge in [-0.1, -0.05) is 12.1 Å². The maximum Gasteiger partial charge on any atom is 0.265 e. The number of hydrogen-bond acceptors (Lipinski definition) is 5. The molecule has 3 rings (SSSR count). The van der Waals surface area contributed by atoms with Crippen molar-refractivity contribution in [3.05, 3.63) is 46.7 Å². The highest BCUT2D eigenvalue weighted by Gasteiger charge is 2.35. The Kier molecular flexibility index (Phi) is 6.55. The zero-order chi connectivity index (χ0) is 17.0. The Balaban J connectivity index is 0.00000225. The molecule has 2 aromatic rings. The summed E-state index contributed by atoms with van der Waals surface area (Å²) in [7, 11) is 0. The number of thiophene rings is 1. The van der Waals surface area contributed by atoms with Crippen LogP contribution in [0.25, 0.3) is 0 Å². The molecule has 25 heavy (non-hydrogen) atoms. The van der Waals surface area contributed by atoms with Crippen LogP contribution < -0.4 is 16.4 Å². The van der Waals surface area contributed by atoms with Crippen molar-refractivity contribution in [3.63, 3.8) is 0 Å². The number of nitrogens with two attached hydrogens (primary N) is 1. The van der Waals surface area contributed by atoms with E-state index in [1.807, 2.05) is 11.4 Å². The van der Waals surface area contributed by atoms with E-state index in [1.165, 1.54) is 11.3 Å². The van der Waals surface area contributed by atoms with Crippen LogP contribution in [0.2, 0.25) is 0 Å². The fraction of sp³-hybridized carbons (Fsp3) is 0.294. The molecule has 0 radical (unpaired) electrons. The molecule has 0 saturated carbocycles. The van der Waals surface area contributed by atoms with Crippen molar-refractivity contribution in [2.24, 2.45) is 5.73 Å². The van der Waals surface area contributed by atoms with Gasteiger partial charge >= 0.3 is 0 Å². The van der Waals surface area contributed by atoms with Gasteiger partial charge in [0.1, 0.15) is 5.54 Å². The number of benzene rings is 1. The van der Waals surface area contributed by atoms with Crippen LogP contribution >= 0.6 is 23.7 Å². The molecule has 0 aliphatic carbocycles. The van der Waals surface area contributed by atoms with Gasteiger partial charge in [0, 0.05) is 24.6 Å². The predicted molar refractivity (Wildman–Crippen MR) is 102 cm³/mol. The molecule has 1 aliphatic heterocycles. The quantitative estimate of drug-likeness (QED) is 0.759. The van der Waals surface area contributed by atoms with Gasteiger partial charge in [0.05, 0.1) is 4.88 Å². The summed E-state index contributed by atoms with van der Waals surface area (Å²) >= 11 is 1.37. The summed E-state index contributed by atoms with van der Waals surface area (Å²) in [6, 6.07) is 10.6. The number of amides is 2. The lowest BCUT2D eigenvalue weighted by Gasteiger charge is -2.31. The van der Waals surface area contributed by atoms with Gasteiger partial charge in [0.25, 0.3) is 5.91 Å². The van der Waals surface area contributed by atoms with E-state index in [2.05, 4.69) is 10.6 Å². The first-order valence-electron chi connectivity index (χ1n) is 7.70. The van der Waals surface area contributed by atoms with E-state index in [1.54, 1.807) is 30.3 Å². The number of hydrogen-bond donors (Lipinski definition) is 3. The zero-order valence-corrected chi connectivity index (χ0v) is 15.1. The SMILES string of the molecule is Cl.NC1(C(=O)Nc2cccc(NC(=O)c3cccs3)c2)CCOCC1. The molecule has 1 aromatic heterocycles. The minimum absolute atomic E-state index is 0. The second kappa shape index (κ2) is 8.44. The van der Waals surface area contributed by atoms with E-state index in [0.29, 0.717) is 42.3 Å². The molecule has 0 unspecified atom stereocenters. The lowest BCUT2D eigenvalue weighted by atomic mass is 9.90. The Bertz CT molecular complexity index is 730. The van der Waals surface area contributed by atoms with Crippen molar-refractivity contribution in [2.75, 3.05) is 23.8 Å². The van der Waals surface area contributed by atoms with Crippen LogP contribution in [0.3, 0.4) is 0 Å². The molecule has 6 nitrogen and oxygen atoms in total. The first-order valence-corrected chi connectivity index (χ1v) is 8.58. The normalized spacial score (nSPS) is 15.7. The Morgan fingerprint density at radius 2 is 1.76 bits per heavy atom. The number of carbonyl (C=O) groups is 2. The number of carbonyl (C=O) groups excluding carboxylic acids is 2. The minimum atomic E-state index is -0.908.